The highest BCUT2D eigenvalue weighted by atomic mass is 35.5. The Hall–Kier alpha value is -0.250. The maximum absolute atomic E-state index is 6.21. The SMILES string of the molecule is CC(NC(C)c1ccc(Cl)cc1Cl)c1csc(Cl)c1. The number of hydrogen-bond donors (Lipinski definition) is 1. The first-order valence-electron chi connectivity index (χ1n) is 5.92. The zero-order valence-corrected chi connectivity index (χ0v) is 13.7. The van der Waals surface area contributed by atoms with Gasteiger partial charge in [-0.15, -0.1) is 11.3 Å². The summed E-state index contributed by atoms with van der Waals surface area (Å²) in [5, 5.41) is 6.91. The maximum Gasteiger partial charge on any atom is 0.0931 e. The van der Waals surface area contributed by atoms with Gasteiger partial charge in [0.15, 0.2) is 0 Å². The second kappa shape index (κ2) is 6.47. The molecule has 2 atom stereocenters. The standard InChI is InChI=1S/C14H14Cl3NS/c1-8(10-5-14(17)19-7-10)18-9(2)12-4-3-11(15)6-13(12)16/h3-9,18H,1-2H3. The minimum atomic E-state index is 0.137. The first-order valence-corrected chi connectivity index (χ1v) is 7.93. The van der Waals surface area contributed by atoms with E-state index in [0.717, 1.165) is 9.90 Å². The topological polar surface area (TPSA) is 12.0 Å². The summed E-state index contributed by atoms with van der Waals surface area (Å²) in [5.74, 6) is 0. The summed E-state index contributed by atoms with van der Waals surface area (Å²) in [4.78, 5) is 0. The van der Waals surface area contributed by atoms with Crippen molar-refractivity contribution in [2.75, 3.05) is 0 Å². The van der Waals surface area contributed by atoms with Crippen molar-refractivity contribution in [3.8, 4) is 0 Å². The Balaban J connectivity index is 2.10. The molecule has 0 aliphatic carbocycles. The molecular formula is C14H14Cl3NS. The van der Waals surface area contributed by atoms with Gasteiger partial charge in [-0.25, -0.2) is 0 Å². The van der Waals surface area contributed by atoms with Crippen molar-refractivity contribution in [1.29, 1.82) is 0 Å². The van der Waals surface area contributed by atoms with E-state index >= 15 is 0 Å². The van der Waals surface area contributed by atoms with Crippen molar-refractivity contribution in [3.05, 3.63) is 55.2 Å². The molecule has 5 heteroatoms. The van der Waals surface area contributed by atoms with Crippen LogP contribution in [0, 0.1) is 0 Å². The molecule has 1 aromatic carbocycles. The Morgan fingerprint density at radius 2 is 1.79 bits per heavy atom. The Morgan fingerprint density at radius 3 is 2.37 bits per heavy atom. The van der Waals surface area contributed by atoms with Gasteiger partial charge in [0.05, 0.1) is 4.34 Å². The Morgan fingerprint density at radius 1 is 1.05 bits per heavy atom. The van der Waals surface area contributed by atoms with E-state index in [9.17, 15) is 0 Å². The highest BCUT2D eigenvalue weighted by Crippen LogP contribution is 2.29. The van der Waals surface area contributed by atoms with Gasteiger partial charge in [-0.3, -0.25) is 0 Å². The van der Waals surface area contributed by atoms with Crippen molar-refractivity contribution in [2.45, 2.75) is 25.9 Å². The van der Waals surface area contributed by atoms with E-state index in [0.29, 0.717) is 10.0 Å². The van der Waals surface area contributed by atoms with E-state index in [2.05, 4.69) is 24.5 Å². The number of rotatable bonds is 4. The van der Waals surface area contributed by atoms with Crippen LogP contribution in [0.15, 0.2) is 29.6 Å². The van der Waals surface area contributed by atoms with Gasteiger partial charge in [-0.05, 0) is 48.6 Å². The van der Waals surface area contributed by atoms with Gasteiger partial charge in [-0.2, -0.15) is 0 Å². The molecule has 2 rings (SSSR count). The zero-order chi connectivity index (χ0) is 14.0. The van der Waals surface area contributed by atoms with Gasteiger partial charge in [0.2, 0.25) is 0 Å². The molecule has 0 spiro atoms. The van der Waals surface area contributed by atoms with Crippen LogP contribution in [0.3, 0.4) is 0 Å². The second-order valence-corrected chi connectivity index (χ2v) is 6.85. The maximum atomic E-state index is 6.21. The van der Waals surface area contributed by atoms with Crippen molar-refractivity contribution in [3.63, 3.8) is 0 Å². The number of benzene rings is 1. The van der Waals surface area contributed by atoms with Gasteiger partial charge in [-0.1, -0.05) is 40.9 Å². The zero-order valence-electron chi connectivity index (χ0n) is 10.6. The van der Waals surface area contributed by atoms with Crippen LogP contribution in [0.4, 0.5) is 0 Å². The van der Waals surface area contributed by atoms with Crippen LogP contribution in [0.5, 0.6) is 0 Å². The number of thiophene rings is 1. The fraction of sp³-hybridized carbons (Fsp3) is 0.286. The average molecular weight is 335 g/mol. The molecule has 0 aliphatic rings. The Kier molecular flexibility index (Phi) is 5.15. The van der Waals surface area contributed by atoms with E-state index in [1.807, 2.05) is 18.2 Å². The van der Waals surface area contributed by atoms with Gasteiger partial charge < -0.3 is 5.32 Å². The second-order valence-electron chi connectivity index (χ2n) is 4.46. The lowest BCUT2D eigenvalue weighted by atomic mass is 10.1. The molecule has 1 heterocycles. The van der Waals surface area contributed by atoms with Gasteiger partial charge in [0.25, 0.3) is 0 Å². The third-order valence-electron chi connectivity index (χ3n) is 3.02. The molecule has 0 saturated heterocycles. The number of hydrogen-bond acceptors (Lipinski definition) is 2. The fourth-order valence-electron chi connectivity index (χ4n) is 1.96. The first kappa shape index (κ1) is 15.1. The monoisotopic (exact) mass is 333 g/mol. The highest BCUT2D eigenvalue weighted by Gasteiger charge is 2.14. The van der Waals surface area contributed by atoms with Crippen LogP contribution in [0.25, 0.3) is 0 Å². The van der Waals surface area contributed by atoms with Crippen LogP contribution < -0.4 is 5.32 Å². The third kappa shape index (κ3) is 3.87. The van der Waals surface area contributed by atoms with E-state index in [1.54, 1.807) is 17.4 Å². The summed E-state index contributed by atoms with van der Waals surface area (Å²) in [6.07, 6.45) is 0. The minimum absolute atomic E-state index is 0.137. The van der Waals surface area contributed by atoms with Crippen LogP contribution in [0.2, 0.25) is 14.4 Å². The summed E-state index contributed by atoms with van der Waals surface area (Å²) in [5.41, 5.74) is 2.23. The number of halogens is 3. The molecule has 2 aromatic rings. The predicted molar refractivity (Wildman–Crippen MR) is 85.8 cm³/mol. The molecule has 0 saturated carbocycles. The first-order chi connectivity index (χ1) is 8.97. The quantitative estimate of drug-likeness (QED) is 0.710. The molecule has 0 amide bonds. The van der Waals surface area contributed by atoms with Gasteiger partial charge >= 0.3 is 0 Å². The van der Waals surface area contributed by atoms with Crippen LogP contribution >= 0.6 is 46.1 Å². The Bertz CT molecular complexity index is 568. The molecule has 0 radical (unpaired) electrons. The molecule has 0 fully saturated rings. The van der Waals surface area contributed by atoms with E-state index in [-0.39, 0.29) is 12.1 Å². The third-order valence-corrected chi connectivity index (χ3v) is 4.69. The minimum Gasteiger partial charge on any atom is -0.304 e. The van der Waals surface area contributed by atoms with Crippen LogP contribution in [-0.2, 0) is 0 Å². The molecule has 102 valence electrons. The predicted octanol–water partition coefficient (Wildman–Crippen LogP) is 6.12. The lowest BCUT2D eigenvalue weighted by Crippen LogP contribution is -2.22. The molecule has 0 bridgehead atoms. The molecule has 2 unspecified atom stereocenters. The number of nitrogens with one attached hydrogen (secondary N) is 1. The van der Waals surface area contributed by atoms with Crippen LogP contribution in [-0.4, -0.2) is 0 Å². The highest BCUT2D eigenvalue weighted by molar-refractivity contribution is 7.14. The van der Waals surface area contributed by atoms with Crippen molar-refractivity contribution < 1.29 is 0 Å². The smallest absolute Gasteiger partial charge is 0.0931 e. The fourth-order valence-corrected chi connectivity index (χ4v) is 3.52. The van der Waals surface area contributed by atoms with Gasteiger partial charge in [0.1, 0.15) is 0 Å². The molecule has 1 N–H and O–H groups in total. The van der Waals surface area contributed by atoms with E-state index in [1.165, 1.54) is 5.56 Å². The summed E-state index contributed by atoms with van der Waals surface area (Å²) < 4.78 is 0.806. The normalized spacial score (nSPS) is 14.4. The van der Waals surface area contributed by atoms with Crippen molar-refractivity contribution >= 4 is 46.1 Å². The summed E-state index contributed by atoms with van der Waals surface area (Å²) >= 11 is 19.6. The largest absolute Gasteiger partial charge is 0.304 e. The van der Waals surface area contributed by atoms with Gasteiger partial charge in [0, 0.05) is 22.1 Å². The molecule has 1 aromatic heterocycles. The van der Waals surface area contributed by atoms with E-state index in [4.69, 9.17) is 34.8 Å². The molecule has 19 heavy (non-hydrogen) atoms. The lowest BCUT2D eigenvalue weighted by Gasteiger charge is -2.20. The molecule has 0 aliphatic heterocycles. The van der Waals surface area contributed by atoms with Crippen molar-refractivity contribution in [2.24, 2.45) is 0 Å². The summed E-state index contributed by atoms with van der Waals surface area (Å²) in [6.45, 7) is 4.19. The summed E-state index contributed by atoms with van der Waals surface area (Å²) in [7, 11) is 0. The molecular weight excluding hydrogens is 321 g/mol. The average Bonchev–Trinajstić information content (AvgIpc) is 2.75. The van der Waals surface area contributed by atoms with Crippen LogP contribution in [0.1, 0.15) is 37.1 Å². The van der Waals surface area contributed by atoms with Crippen molar-refractivity contribution in [1.82, 2.24) is 5.32 Å². The summed E-state index contributed by atoms with van der Waals surface area (Å²) in [6, 6.07) is 7.91. The molecule has 1 nitrogen and oxygen atoms in total. The lowest BCUT2D eigenvalue weighted by molar-refractivity contribution is 0.496. The van der Waals surface area contributed by atoms with E-state index < -0.39 is 0 Å². The Labute approximate surface area is 132 Å².